The van der Waals surface area contributed by atoms with Gasteiger partial charge in [-0.2, -0.15) is 5.10 Å². The van der Waals surface area contributed by atoms with Gasteiger partial charge in [-0.05, 0) is 49.2 Å². The summed E-state index contributed by atoms with van der Waals surface area (Å²) >= 11 is 1.48. The fraction of sp³-hybridized carbons (Fsp3) is 0.200. The fourth-order valence-electron chi connectivity index (χ4n) is 3.10. The van der Waals surface area contributed by atoms with Gasteiger partial charge in [-0.3, -0.25) is 14.0 Å². The molecule has 0 N–H and O–H groups in total. The minimum Gasteiger partial charge on any atom is -0.268 e. The molecule has 6 nitrogen and oxygen atoms in total. The van der Waals surface area contributed by atoms with Gasteiger partial charge in [0.1, 0.15) is 12.2 Å². The summed E-state index contributed by atoms with van der Waals surface area (Å²) in [6, 6.07) is 13.6. The number of thioether (sulfide) groups is 1. The molecular weight excluding hydrogens is 358 g/mol. The number of rotatable bonds is 4. The molecule has 0 saturated carbocycles. The van der Waals surface area contributed by atoms with Gasteiger partial charge in [0, 0.05) is 7.05 Å². The molecule has 0 amide bonds. The van der Waals surface area contributed by atoms with Crippen LogP contribution in [-0.2, 0) is 12.8 Å². The van der Waals surface area contributed by atoms with Gasteiger partial charge in [-0.15, -0.1) is 0 Å². The van der Waals surface area contributed by atoms with Gasteiger partial charge in [-0.25, -0.2) is 9.97 Å². The van der Waals surface area contributed by atoms with Crippen molar-refractivity contribution in [1.82, 2.24) is 24.3 Å². The lowest BCUT2D eigenvalue weighted by molar-refractivity contribution is 0.728. The van der Waals surface area contributed by atoms with Crippen LogP contribution in [0, 0.1) is 13.8 Å². The van der Waals surface area contributed by atoms with Crippen LogP contribution in [0.15, 0.2) is 58.7 Å². The predicted molar refractivity (Wildman–Crippen MR) is 107 cm³/mol. The molecule has 7 heteroatoms. The maximum Gasteiger partial charge on any atom is 0.266 e. The van der Waals surface area contributed by atoms with Crippen molar-refractivity contribution in [3.8, 4) is 5.69 Å². The second-order valence-corrected chi connectivity index (χ2v) is 7.43. The highest BCUT2D eigenvalue weighted by Gasteiger charge is 2.15. The van der Waals surface area contributed by atoms with Crippen LogP contribution in [0.1, 0.15) is 17.0 Å². The van der Waals surface area contributed by atoms with Gasteiger partial charge in [-0.1, -0.05) is 30.0 Å². The molecule has 0 unspecified atom stereocenters. The van der Waals surface area contributed by atoms with Crippen LogP contribution in [0.25, 0.3) is 16.6 Å². The molecule has 0 saturated heterocycles. The monoisotopic (exact) mass is 377 g/mol. The largest absolute Gasteiger partial charge is 0.268 e. The van der Waals surface area contributed by atoms with E-state index in [1.165, 1.54) is 18.1 Å². The van der Waals surface area contributed by atoms with Crippen LogP contribution < -0.4 is 5.56 Å². The van der Waals surface area contributed by atoms with Crippen molar-refractivity contribution in [2.24, 2.45) is 7.05 Å². The molecule has 2 heterocycles. The molecule has 0 aliphatic rings. The van der Waals surface area contributed by atoms with E-state index in [1.54, 1.807) is 9.25 Å². The third kappa shape index (κ3) is 3.38. The Kier molecular flexibility index (Phi) is 4.53. The second kappa shape index (κ2) is 7.00. The Labute approximate surface area is 160 Å². The lowest BCUT2D eigenvalue weighted by Crippen LogP contribution is -2.22. The van der Waals surface area contributed by atoms with Crippen LogP contribution >= 0.6 is 11.8 Å². The Morgan fingerprint density at radius 3 is 2.52 bits per heavy atom. The third-order valence-electron chi connectivity index (χ3n) is 4.35. The van der Waals surface area contributed by atoms with E-state index in [1.807, 2.05) is 57.3 Å². The number of nitrogens with zero attached hydrogens (tertiary/aromatic N) is 5. The quantitative estimate of drug-likeness (QED) is 0.403. The summed E-state index contributed by atoms with van der Waals surface area (Å²) in [7, 11) is 1.85. The molecule has 0 atom stereocenters. The minimum atomic E-state index is -0.0638. The summed E-state index contributed by atoms with van der Waals surface area (Å²) in [5.41, 5.74) is 3.68. The van der Waals surface area contributed by atoms with E-state index in [0.717, 1.165) is 22.6 Å². The summed E-state index contributed by atoms with van der Waals surface area (Å²) in [5.74, 6) is 1.40. The van der Waals surface area contributed by atoms with Crippen molar-refractivity contribution in [3.63, 3.8) is 0 Å². The first-order valence-electron chi connectivity index (χ1n) is 8.59. The van der Waals surface area contributed by atoms with Gasteiger partial charge in [0.15, 0.2) is 5.16 Å². The Morgan fingerprint density at radius 1 is 1.07 bits per heavy atom. The van der Waals surface area contributed by atoms with Gasteiger partial charge in [0.05, 0.1) is 22.3 Å². The highest BCUT2D eigenvalue weighted by atomic mass is 32.2. The third-order valence-corrected chi connectivity index (χ3v) is 5.28. The van der Waals surface area contributed by atoms with Crippen molar-refractivity contribution in [2.75, 3.05) is 0 Å². The highest BCUT2D eigenvalue weighted by molar-refractivity contribution is 7.98. The average molecular weight is 377 g/mol. The van der Waals surface area contributed by atoms with Crippen molar-refractivity contribution >= 4 is 22.7 Å². The maximum absolute atomic E-state index is 13.3. The standard InChI is InChI=1S/C20H19N5OS/c1-13-8-14(2)10-15(9-13)25-19(26)16-6-4-5-7-17(16)23-20(25)27-11-18-21-12-22-24(18)3/h4-10,12H,11H2,1-3H3. The molecule has 4 aromatic rings. The zero-order valence-electron chi connectivity index (χ0n) is 15.4. The molecule has 2 aromatic heterocycles. The molecule has 4 rings (SSSR count). The zero-order valence-corrected chi connectivity index (χ0v) is 16.2. The molecule has 0 spiro atoms. The van der Waals surface area contributed by atoms with Crippen LogP contribution in [-0.4, -0.2) is 24.3 Å². The zero-order chi connectivity index (χ0) is 19.0. The van der Waals surface area contributed by atoms with Crippen molar-refractivity contribution in [1.29, 1.82) is 0 Å². The molecular formula is C20H19N5OS. The van der Waals surface area contributed by atoms with Crippen molar-refractivity contribution < 1.29 is 0 Å². The molecule has 2 aromatic carbocycles. The number of fused-ring (bicyclic) bond motifs is 1. The van der Waals surface area contributed by atoms with E-state index in [9.17, 15) is 4.79 Å². The van der Waals surface area contributed by atoms with Crippen LogP contribution in [0.3, 0.4) is 0 Å². The van der Waals surface area contributed by atoms with Crippen LogP contribution in [0.5, 0.6) is 0 Å². The molecule has 0 aliphatic heterocycles. The molecule has 0 bridgehead atoms. The summed E-state index contributed by atoms with van der Waals surface area (Å²) in [6.45, 7) is 4.06. The molecule has 0 fully saturated rings. The predicted octanol–water partition coefficient (Wildman–Crippen LogP) is 3.42. The summed E-state index contributed by atoms with van der Waals surface area (Å²) < 4.78 is 3.43. The SMILES string of the molecule is Cc1cc(C)cc(-n2c(SCc3ncnn3C)nc3ccccc3c2=O)c1. The Morgan fingerprint density at radius 2 is 1.81 bits per heavy atom. The number of aromatic nitrogens is 5. The number of hydrogen-bond donors (Lipinski definition) is 0. The lowest BCUT2D eigenvalue weighted by Gasteiger charge is -2.14. The first-order chi connectivity index (χ1) is 13.0. The van der Waals surface area contributed by atoms with Crippen LogP contribution in [0.2, 0.25) is 0 Å². The van der Waals surface area contributed by atoms with E-state index in [-0.39, 0.29) is 5.56 Å². The van der Waals surface area contributed by atoms with Crippen LogP contribution in [0.4, 0.5) is 0 Å². The Bertz CT molecular complexity index is 1170. The molecule has 136 valence electrons. The average Bonchev–Trinajstić information content (AvgIpc) is 3.04. The first kappa shape index (κ1) is 17.5. The number of para-hydroxylation sites is 1. The van der Waals surface area contributed by atoms with Crippen molar-refractivity contribution in [2.45, 2.75) is 24.8 Å². The van der Waals surface area contributed by atoms with Gasteiger partial charge >= 0.3 is 0 Å². The molecule has 0 radical (unpaired) electrons. The normalized spacial score (nSPS) is 11.2. The Balaban J connectivity index is 1.90. The molecule has 27 heavy (non-hydrogen) atoms. The van der Waals surface area contributed by atoms with E-state index in [4.69, 9.17) is 4.98 Å². The lowest BCUT2D eigenvalue weighted by atomic mass is 10.1. The number of hydrogen-bond acceptors (Lipinski definition) is 5. The second-order valence-electron chi connectivity index (χ2n) is 6.49. The van der Waals surface area contributed by atoms with E-state index >= 15 is 0 Å². The van der Waals surface area contributed by atoms with E-state index in [0.29, 0.717) is 21.8 Å². The van der Waals surface area contributed by atoms with Gasteiger partial charge in [0.25, 0.3) is 5.56 Å². The fourth-order valence-corrected chi connectivity index (χ4v) is 4.10. The first-order valence-corrected chi connectivity index (χ1v) is 9.57. The highest BCUT2D eigenvalue weighted by Crippen LogP contribution is 2.24. The smallest absolute Gasteiger partial charge is 0.266 e. The Hall–Kier alpha value is -2.93. The van der Waals surface area contributed by atoms with E-state index in [2.05, 4.69) is 16.1 Å². The maximum atomic E-state index is 13.3. The van der Waals surface area contributed by atoms with Gasteiger partial charge in [0.2, 0.25) is 0 Å². The summed E-state index contributed by atoms with van der Waals surface area (Å²) in [6.07, 6.45) is 1.53. The van der Waals surface area contributed by atoms with E-state index < -0.39 is 0 Å². The number of aryl methyl sites for hydroxylation is 3. The molecule has 0 aliphatic carbocycles. The summed E-state index contributed by atoms with van der Waals surface area (Å²) in [4.78, 5) is 22.3. The van der Waals surface area contributed by atoms with Crippen molar-refractivity contribution in [3.05, 3.63) is 76.1 Å². The number of benzene rings is 2. The van der Waals surface area contributed by atoms with Gasteiger partial charge < -0.3 is 0 Å². The minimum absolute atomic E-state index is 0.0638. The topological polar surface area (TPSA) is 65.6 Å². The summed E-state index contributed by atoms with van der Waals surface area (Å²) in [5, 5.41) is 5.36.